The summed E-state index contributed by atoms with van der Waals surface area (Å²) in [4.78, 5) is 43.1. The number of benzene rings is 2. The van der Waals surface area contributed by atoms with E-state index in [9.17, 15) is 14.4 Å². The molecule has 8 heteroatoms. The highest BCUT2D eigenvalue weighted by Gasteiger charge is 2.11. The maximum absolute atomic E-state index is 12.5. The van der Waals surface area contributed by atoms with Gasteiger partial charge in [-0.3, -0.25) is 14.4 Å². The van der Waals surface area contributed by atoms with Crippen molar-refractivity contribution < 1.29 is 9.59 Å². The molecule has 0 atom stereocenters. The first-order chi connectivity index (χ1) is 14.3. The number of hydrogen-bond acceptors (Lipinski definition) is 5. The lowest BCUT2D eigenvalue weighted by Crippen LogP contribution is -2.19. The number of ketones is 1. The van der Waals surface area contributed by atoms with Crippen LogP contribution >= 0.6 is 23.4 Å². The topological polar surface area (TPSA) is 91.9 Å². The molecule has 0 spiro atoms. The average Bonchev–Trinajstić information content (AvgIpc) is 2.71. The van der Waals surface area contributed by atoms with E-state index in [2.05, 4.69) is 15.3 Å². The number of hydrogen-bond donors (Lipinski definition) is 2. The highest BCUT2D eigenvalue weighted by molar-refractivity contribution is 7.99. The Labute approximate surface area is 183 Å². The summed E-state index contributed by atoms with van der Waals surface area (Å²) in [5.74, 6) is -0.178. The smallest absolute Gasteiger partial charge is 0.255 e. The van der Waals surface area contributed by atoms with E-state index in [1.807, 2.05) is 12.1 Å². The largest absolute Gasteiger partial charge is 0.325 e. The maximum Gasteiger partial charge on any atom is 0.255 e. The molecule has 0 saturated heterocycles. The molecule has 30 heavy (non-hydrogen) atoms. The van der Waals surface area contributed by atoms with Crippen LogP contribution in [0.25, 0.3) is 0 Å². The van der Waals surface area contributed by atoms with Crippen LogP contribution in [0.4, 0.5) is 5.69 Å². The summed E-state index contributed by atoms with van der Waals surface area (Å²) in [5.41, 5.74) is 3.12. The second-order valence-electron chi connectivity index (χ2n) is 6.71. The molecule has 3 aromatic rings. The Morgan fingerprint density at radius 1 is 1.10 bits per heavy atom. The van der Waals surface area contributed by atoms with Gasteiger partial charge in [-0.25, -0.2) is 4.98 Å². The number of aromatic amines is 1. The minimum Gasteiger partial charge on any atom is -0.325 e. The van der Waals surface area contributed by atoms with Crippen LogP contribution in [0.1, 0.15) is 34.1 Å². The molecule has 6 nitrogen and oxygen atoms in total. The Morgan fingerprint density at radius 3 is 2.37 bits per heavy atom. The first-order valence-electron chi connectivity index (χ1n) is 9.19. The Bertz CT molecular complexity index is 1130. The van der Waals surface area contributed by atoms with Crippen molar-refractivity contribution in [2.45, 2.75) is 25.4 Å². The van der Waals surface area contributed by atoms with E-state index in [-0.39, 0.29) is 23.0 Å². The predicted molar refractivity (Wildman–Crippen MR) is 120 cm³/mol. The molecule has 154 valence electrons. The van der Waals surface area contributed by atoms with Gasteiger partial charge >= 0.3 is 0 Å². The normalized spacial score (nSPS) is 10.6. The third-order valence-corrected chi connectivity index (χ3v) is 5.54. The number of aromatic nitrogens is 2. The summed E-state index contributed by atoms with van der Waals surface area (Å²) in [6.07, 6.45) is 0.451. The molecule has 0 radical (unpaired) electrons. The van der Waals surface area contributed by atoms with Crippen LogP contribution in [0.15, 0.2) is 58.5 Å². The zero-order chi connectivity index (χ0) is 21.7. The number of nitrogens with zero attached hydrogens (tertiary/aromatic N) is 1. The molecular formula is C22H20ClN3O3S. The van der Waals surface area contributed by atoms with Crippen LogP contribution in [0.3, 0.4) is 0 Å². The molecule has 2 N–H and O–H groups in total. The third-order valence-electron chi connectivity index (χ3n) is 4.41. The number of aryl methyl sites for hydroxylation is 1. The average molecular weight is 442 g/mol. The first-order valence-corrected chi connectivity index (χ1v) is 10.6. The molecule has 0 fully saturated rings. The van der Waals surface area contributed by atoms with Crippen LogP contribution in [0, 0.1) is 6.92 Å². The highest BCUT2D eigenvalue weighted by atomic mass is 35.5. The zero-order valence-electron chi connectivity index (χ0n) is 16.5. The van der Waals surface area contributed by atoms with Gasteiger partial charge in [0.15, 0.2) is 10.9 Å². The van der Waals surface area contributed by atoms with Gasteiger partial charge in [0.2, 0.25) is 5.91 Å². The summed E-state index contributed by atoms with van der Waals surface area (Å²) >= 11 is 7.05. The number of Topliss-reactive ketones (excluding diaryl/α,β-unsaturated/α-hetero) is 1. The predicted octanol–water partition coefficient (Wildman–Crippen LogP) is 4.26. The quantitative estimate of drug-likeness (QED) is 0.325. The molecule has 0 aliphatic carbocycles. The number of carbonyl (C=O) groups excluding carboxylic acids is 2. The fourth-order valence-electron chi connectivity index (χ4n) is 2.79. The van der Waals surface area contributed by atoms with E-state index >= 15 is 0 Å². The third kappa shape index (κ3) is 5.81. The number of H-pyrrole nitrogens is 1. The fraction of sp³-hybridized carbons (Fsp3) is 0.182. The van der Waals surface area contributed by atoms with Gasteiger partial charge < -0.3 is 10.3 Å². The Kier molecular flexibility index (Phi) is 7.07. The second kappa shape index (κ2) is 9.73. The van der Waals surface area contributed by atoms with E-state index in [1.54, 1.807) is 43.3 Å². The lowest BCUT2D eigenvalue weighted by atomic mass is 10.1. The van der Waals surface area contributed by atoms with Gasteiger partial charge in [0.1, 0.15) is 0 Å². The minimum absolute atomic E-state index is 0.0339. The molecule has 1 amide bonds. The Morgan fingerprint density at radius 2 is 1.77 bits per heavy atom. The summed E-state index contributed by atoms with van der Waals surface area (Å²) in [5, 5.41) is 3.78. The highest BCUT2D eigenvalue weighted by Crippen LogP contribution is 2.17. The fourth-order valence-corrected chi connectivity index (χ4v) is 3.62. The van der Waals surface area contributed by atoms with Crippen LogP contribution in [-0.2, 0) is 11.2 Å². The molecule has 0 aliphatic heterocycles. The van der Waals surface area contributed by atoms with Crippen molar-refractivity contribution in [3.05, 3.63) is 86.3 Å². The van der Waals surface area contributed by atoms with E-state index in [0.29, 0.717) is 39.1 Å². The Hall–Kier alpha value is -2.90. The van der Waals surface area contributed by atoms with E-state index < -0.39 is 0 Å². The van der Waals surface area contributed by atoms with Gasteiger partial charge in [0.25, 0.3) is 5.56 Å². The number of halogens is 1. The van der Waals surface area contributed by atoms with Gasteiger partial charge in [0, 0.05) is 34.0 Å². The second-order valence-corrected chi connectivity index (χ2v) is 8.11. The zero-order valence-corrected chi connectivity index (χ0v) is 18.1. The number of nitrogens with one attached hydrogen (secondary N) is 2. The van der Waals surface area contributed by atoms with Crippen LogP contribution in [-0.4, -0.2) is 27.4 Å². The van der Waals surface area contributed by atoms with Gasteiger partial charge in [-0.05, 0) is 55.8 Å². The number of anilines is 1. The van der Waals surface area contributed by atoms with E-state index in [0.717, 1.165) is 17.3 Å². The SMILES string of the molecule is CC(=O)c1ccc(NC(=O)CSc2nc(C)c(Cc3ccc(Cl)cc3)c(=O)[nH]2)cc1. The number of rotatable bonds is 7. The minimum atomic E-state index is -0.235. The molecule has 0 aliphatic rings. The first kappa shape index (κ1) is 21.8. The maximum atomic E-state index is 12.5. The molecule has 1 aromatic heterocycles. The van der Waals surface area contributed by atoms with Crippen molar-refractivity contribution in [1.29, 1.82) is 0 Å². The summed E-state index contributed by atoms with van der Waals surface area (Å²) in [7, 11) is 0. The molecule has 2 aromatic carbocycles. The van der Waals surface area contributed by atoms with Gasteiger partial charge in [-0.2, -0.15) is 0 Å². The van der Waals surface area contributed by atoms with Crippen LogP contribution in [0.5, 0.6) is 0 Å². The van der Waals surface area contributed by atoms with Crippen LogP contribution < -0.4 is 10.9 Å². The summed E-state index contributed by atoms with van der Waals surface area (Å²) in [6, 6.07) is 14.0. The van der Waals surface area contributed by atoms with Gasteiger partial charge in [0.05, 0.1) is 5.75 Å². The molecular weight excluding hydrogens is 422 g/mol. The van der Waals surface area contributed by atoms with E-state index in [4.69, 9.17) is 11.6 Å². The molecule has 3 rings (SSSR count). The van der Waals surface area contributed by atoms with E-state index in [1.165, 1.54) is 6.92 Å². The summed E-state index contributed by atoms with van der Waals surface area (Å²) in [6.45, 7) is 3.27. The molecule has 1 heterocycles. The van der Waals surface area contributed by atoms with Gasteiger partial charge in [-0.15, -0.1) is 0 Å². The van der Waals surface area contributed by atoms with Crippen molar-refractivity contribution >= 4 is 40.7 Å². The lowest BCUT2D eigenvalue weighted by Gasteiger charge is -2.08. The molecule has 0 unspecified atom stereocenters. The van der Waals surface area contributed by atoms with Crippen molar-refractivity contribution in [1.82, 2.24) is 9.97 Å². The van der Waals surface area contributed by atoms with Crippen molar-refractivity contribution in [3.8, 4) is 0 Å². The Balaban J connectivity index is 1.61. The standard InChI is InChI=1S/C22H20ClN3O3S/c1-13-19(11-15-3-7-17(23)8-4-15)21(29)26-22(24-13)30-12-20(28)25-18-9-5-16(6-10-18)14(2)27/h3-10H,11-12H2,1-2H3,(H,25,28)(H,24,26,29). The van der Waals surface area contributed by atoms with Gasteiger partial charge in [-0.1, -0.05) is 35.5 Å². The van der Waals surface area contributed by atoms with Crippen molar-refractivity contribution in [2.24, 2.45) is 0 Å². The molecule has 0 bridgehead atoms. The summed E-state index contributed by atoms with van der Waals surface area (Å²) < 4.78 is 0. The number of amides is 1. The van der Waals surface area contributed by atoms with Crippen LogP contribution in [0.2, 0.25) is 5.02 Å². The molecule has 0 saturated carbocycles. The van der Waals surface area contributed by atoms with Crippen molar-refractivity contribution in [3.63, 3.8) is 0 Å². The van der Waals surface area contributed by atoms with Crippen molar-refractivity contribution in [2.75, 3.05) is 11.1 Å². The number of thioether (sulfide) groups is 1. The lowest BCUT2D eigenvalue weighted by molar-refractivity contribution is -0.113. The monoisotopic (exact) mass is 441 g/mol. The number of carbonyl (C=O) groups is 2.